The van der Waals surface area contributed by atoms with E-state index in [1.165, 1.54) is 6.92 Å². The average Bonchev–Trinajstić information content (AvgIpc) is 3.05. The Morgan fingerprint density at radius 1 is 1.19 bits per heavy atom. The molecule has 0 fully saturated rings. The van der Waals surface area contributed by atoms with E-state index in [-0.39, 0.29) is 31.3 Å². The van der Waals surface area contributed by atoms with Crippen molar-refractivity contribution in [3.8, 4) is 5.75 Å². The lowest BCUT2D eigenvalue weighted by atomic mass is 9.89. The molecule has 8 bridgehead atoms. The summed E-state index contributed by atoms with van der Waals surface area (Å²) in [4.78, 5) is 34.1. The Labute approximate surface area is 205 Å². The first kappa shape index (κ1) is 23.5. The molecular formula is C25H24FN5O5. The molecule has 4 N–H and O–H groups in total. The lowest BCUT2D eigenvalue weighted by Crippen LogP contribution is -2.55. The number of aliphatic hydroxyl groups is 1. The number of halogens is 1. The van der Waals surface area contributed by atoms with Gasteiger partial charge in [0.25, 0.3) is 5.91 Å². The third-order valence-corrected chi connectivity index (χ3v) is 5.99. The fraction of sp³-hybridized carbons (Fsp3) is 0.280. The second-order valence-electron chi connectivity index (χ2n) is 8.73. The van der Waals surface area contributed by atoms with Crippen LogP contribution in [-0.4, -0.2) is 51.6 Å². The lowest BCUT2D eigenvalue weighted by molar-refractivity contribution is -0.154. The number of nitrogens with one attached hydrogen (secondary N) is 3. The molecule has 1 aromatic carbocycles. The van der Waals surface area contributed by atoms with Gasteiger partial charge in [-0.2, -0.15) is 4.98 Å². The van der Waals surface area contributed by atoms with Gasteiger partial charge in [0.2, 0.25) is 11.5 Å². The summed E-state index contributed by atoms with van der Waals surface area (Å²) in [5, 5.41) is 18.8. The molecule has 2 atom stereocenters. The molecular weight excluding hydrogens is 469 g/mol. The van der Waals surface area contributed by atoms with Gasteiger partial charge in [-0.1, -0.05) is 6.08 Å². The first-order valence-electron chi connectivity index (χ1n) is 11.4. The highest BCUT2D eigenvalue weighted by molar-refractivity contribution is 6.10. The number of rotatable bonds is 0. The number of ketones is 1. The average molecular weight is 493 g/mol. The van der Waals surface area contributed by atoms with Crippen molar-refractivity contribution < 1.29 is 28.6 Å². The van der Waals surface area contributed by atoms with Gasteiger partial charge in [0.15, 0.2) is 17.4 Å². The molecule has 36 heavy (non-hydrogen) atoms. The second-order valence-corrected chi connectivity index (χ2v) is 8.73. The van der Waals surface area contributed by atoms with Crippen LogP contribution in [-0.2, 0) is 14.3 Å². The van der Waals surface area contributed by atoms with Crippen LogP contribution in [0, 0.1) is 5.82 Å². The highest BCUT2D eigenvalue weighted by Gasteiger charge is 2.47. The molecule has 6 aliphatic rings. The van der Waals surface area contributed by atoms with Gasteiger partial charge in [0, 0.05) is 30.8 Å². The normalized spacial score (nSPS) is 24.0. The highest BCUT2D eigenvalue weighted by atomic mass is 19.1. The van der Waals surface area contributed by atoms with Crippen molar-refractivity contribution in [2.75, 3.05) is 23.8 Å². The van der Waals surface area contributed by atoms with Crippen LogP contribution < -0.4 is 20.7 Å². The van der Waals surface area contributed by atoms with Gasteiger partial charge in [-0.25, -0.2) is 9.37 Å². The summed E-state index contributed by atoms with van der Waals surface area (Å²) in [6.45, 7) is 1.21. The van der Waals surface area contributed by atoms with Crippen molar-refractivity contribution in [3.05, 3.63) is 71.5 Å². The molecule has 10 nitrogen and oxygen atoms in total. The standard InChI is InChI=1S/C25H24FN5O5/c1-25-21(33)10-14-9-16(3-2-4-20(14)36-25)29-22-19(26)12-28-24(31-22)30-15-5-7-18(8-6-15)35-13-17(32)11-27-23(25)34/h2-3,5-9,12,17,32H,4,10-11,13H2,1H3,(H,27,34)(H2,28,29,30,31). The molecule has 1 aromatic heterocycles. The first-order chi connectivity index (χ1) is 17.3. The van der Waals surface area contributed by atoms with Crippen molar-refractivity contribution >= 4 is 29.1 Å². The van der Waals surface area contributed by atoms with Gasteiger partial charge in [0.05, 0.1) is 6.20 Å². The monoisotopic (exact) mass is 493 g/mol. The zero-order valence-corrected chi connectivity index (χ0v) is 19.4. The molecule has 186 valence electrons. The fourth-order valence-corrected chi connectivity index (χ4v) is 3.94. The van der Waals surface area contributed by atoms with E-state index < -0.39 is 29.2 Å². The van der Waals surface area contributed by atoms with Crippen LogP contribution >= 0.6 is 0 Å². The molecule has 0 saturated carbocycles. The maximum absolute atomic E-state index is 14.5. The maximum atomic E-state index is 14.5. The number of aromatic nitrogens is 2. The molecule has 8 rings (SSSR count). The zero-order chi connectivity index (χ0) is 25.3. The Morgan fingerprint density at radius 3 is 2.81 bits per heavy atom. The molecule has 1 aliphatic carbocycles. The number of carbonyl (C=O) groups is 2. The molecule has 0 saturated heterocycles. The smallest absolute Gasteiger partial charge is 0.271 e. The summed E-state index contributed by atoms with van der Waals surface area (Å²) < 4.78 is 26.0. The largest absolute Gasteiger partial charge is 0.491 e. The fourth-order valence-electron chi connectivity index (χ4n) is 3.94. The number of amides is 1. The van der Waals surface area contributed by atoms with Crippen molar-refractivity contribution in [1.29, 1.82) is 0 Å². The number of nitrogens with zero attached hydrogens (tertiary/aromatic N) is 2. The molecule has 2 unspecified atom stereocenters. The number of carbonyl (C=O) groups excluding carboxylic acids is 2. The van der Waals surface area contributed by atoms with Crippen molar-refractivity contribution in [3.63, 3.8) is 0 Å². The number of anilines is 3. The third-order valence-electron chi connectivity index (χ3n) is 5.99. The molecule has 0 radical (unpaired) electrons. The molecule has 2 aromatic rings. The van der Waals surface area contributed by atoms with Crippen LogP contribution in [0.15, 0.2) is 65.7 Å². The van der Waals surface area contributed by atoms with E-state index in [1.807, 2.05) is 0 Å². The summed E-state index contributed by atoms with van der Waals surface area (Å²) >= 11 is 0. The SMILES string of the molecule is CC12OC3=C(C=C(C=CC3)Nc3nc(ncc3F)Nc3ccc(cc3)OCC(O)CNC1=O)CC2=O. The molecule has 11 heteroatoms. The minimum atomic E-state index is -1.74. The Kier molecular flexibility index (Phi) is 6.15. The summed E-state index contributed by atoms with van der Waals surface area (Å²) in [5.41, 5.74) is -0.0383. The predicted molar refractivity (Wildman–Crippen MR) is 128 cm³/mol. The van der Waals surface area contributed by atoms with Gasteiger partial charge in [-0.15, -0.1) is 0 Å². The van der Waals surface area contributed by atoms with Crippen LogP contribution in [0.4, 0.5) is 21.8 Å². The number of aliphatic hydroxyl groups excluding tert-OH is 1. The minimum Gasteiger partial charge on any atom is -0.491 e. The van der Waals surface area contributed by atoms with E-state index in [2.05, 4.69) is 25.9 Å². The van der Waals surface area contributed by atoms with Crippen molar-refractivity contribution in [2.24, 2.45) is 0 Å². The number of hydrogen-bond donors (Lipinski definition) is 4. The Hall–Kier alpha value is -4.25. The number of Topliss-reactive ketones (excluding diaryl/α,β-unsaturated/α-hetero) is 1. The summed E-state index contributed by atoms with van der Waals surface area (Å²) in [6.07, 6.45) is 5.49. The molecule has 0 spiro atoms. The van der Waals surface area contributed by atoms with Gasteiger partial charge in [0.1, 0.15) is 24.2 Å². The lowest BCUT2D eigenvalue weighted by Gasteiger charge is -2.34. The highest BCUT2D eigenvalue weighted by Crippen LogP contribution is 2.34. The first-order valence-corrected chi connectivity index (χ1v) is 11.4. The summed E-state index contributed by atoms with van der Waals surface area (Å²) in [6, 6.07) is 6.80. The van der Waals surface area contributed by atoms with Gasteiger partial charge in [-0.3, -0.25) is 9.59 Å². The zero-order valence-electron chi connectivity index (χ0n) is 19.4. The van der Waals surface area contributed by atoms with Crippen LogP contribution in [0.25, 0.3) is 0 Å². The third kappa shape index (κ3) is 4.78. The quantitative estimate of drug-likeness (QED) is 0.408. The van der Waals surface area contributed by atoms with Crippen LogP contribution in [0.2, 0.25) is 0 Å². The van der Waals surface area contributed by atoms with E-state index in [1.54, 1.807) is 42.5 Å². The number of ether oxygens (including phenoxy) is 2. The van der Waals surface area contributed by atoms with E-state index in [9.17, 15) is 19.1 Å². The van der Waals surface area contributed by atoms with E-state index in [4.69, 9.17) is 9.47 Å². The Balaban J connectivity index is 1.51. The topological polar surface area (TPSA) is 135 Å². The summed E-state index contributed by atoms with van der Waals surface area (Å²) in [7, 11) is 0. The maximum Gasteiger partial charge on any atom is 0.271 e. The summed E-state index contributed by atoms with van der Waals surface area (Å²) in [5.74, 6) is -0.680. The minimum absolute atomic E-state index is 0.0508. The molecule has 1 amide bonds. The Morgan fingerprint density at radius 2 is 2.00 bits per heavy atom. The van der Waals surface area contributed by atoms with Crippen LogP contribution in [0.5, 0.6) is 5.75 Å². The molecule has 5 aliphatic heterocycles. The number of hydrogen-bond acceptors (Lipinski definition) is 9. The van der Waals surface area contributed by atoms with Gasteiger partial charge < -0.3 is 30.5 Å². The van der Waals surface area contributed by atoms with E-state index in [0.717, 1.165) is 6.20 Å². The van der Waals surface area contributed by atoms with Gasteiger partial charge >= 0.3 is 0 Å². The number of benzene rings is 1. The predicted octanol–water partition coefficient (Wildman–Crippen LogP) is 2.49. The molecule has 6 heterocycles. The van der Waals surface area contributed by atoms with E-state index in [0.29, 0.717) is 34.9 Å². The van der Waals surface area contributed by atoms with Crippen molar-refractivity contribution in [2.45, 2.75) is 31.5 Å². The second kappa shape index (κ2) is 9.42. The van der Waals surface area contributed by atoms with Gasteiger partial charge in [-0.05, 0) is 48.9 Å². The number of allylic oxidation sites excluding steroid dienone is 4. The van der Waals surface area contributed by atoms with Crippen LogP contribution in [0.1, 0.15) is 19.8 Å². The van der Waals surface area contributed by atoms with Crippen molar-refractivity contribution in [1.82, 2.24) is 15.3 Å². The Bertz CT molecular complexity index is 1310. The van der Waals surface area contributed by atoms with E-state index >= 15 is 0 Å². The van der Waals surface area contributed by atoms with Crippen LogP contribution in [0.3, 0.4) is 0 Å².